The van der Waals surface area contributed by atoms with Gasteiger partial charge in [0.1, 0.15) is 0 Å². The number of anilines is 1. The number of carbonyl (C=O) groups excluding carboxylic acids is 1. The molecular formula is C13H12ClNOS. The minimum Gasteiger partial charge on any atom is -0.398 e. The van der Waals surface area contributed by atoms with Crippen molar-refractivity contribution in [3.63, 3.8) is 0 Å². The zero-order valence-electron chi connectivity index (χ0n) is 9.15. The predicted octanol–water partition coefficient (Wildman–Crippen LogP) is 3.80. The van der Waals surface area contributed by atoms with E-state index in [1.807, 2.05) is 17.5 Å². The molecule has 0 aliphatic heterocycles. The van der Waals surface area contributed by atoms with Crippen molar-refractivity contribution in [2.75, 3.05) is 5.73 Å². The van der Waals surface area contributed by atoms with Crippen molar-refractivity contribution in [1.29, 1.82) is 0 Å². The van der Waals surface area contributed by atoms with Crippen LogP contribution in [0.15, 0.2) is 35.7 Å². The highest BCUT2D eigenvalue weighted by molar-refractivity contribution is 7.09. The number of ketones is 1. The molecule has 0 radical (unpaired) electrons. The molecule has 1 aromatic heterocycles. The Hall–Kier alpha value is -1.32. The average molecular weight is 266 g/mol. The summed E-state index contributed by atoms with van der Waals surface area (Å²) in [6, 6.07) is 9.01. The number of carbonyl (C=O) groups is 1. The van der Waals surface area contributed by atoms with Gasteiger partial charge in [0.2, 0.25) is 0 Å². The first-order valence-electron chi connectivity index (χ1n) is 5.27. The van der Waals surface area contributed by atoms with Crippen molar-refractivity contribution in [1.82, 2.24) is 0 Å². The highest BCUT2D eigenvalue weighted by Crippen LogP contribution is 2.20. The number of nitrogens with two attached hydrogens (primary N) is 1. The van der Waals surface area contributed by atoms with Gasteiger partial charge in [0.05, 0.1) is 0 Å². The van der Waals surface area contributed by atoms with Gasteiger partial charge in [-0.1, -0.05) is 17.7 Å². The fourth-order valence-electron chi connectivity index (χ4n) is 1.61. The van der Waals surface area contributed by atoms with Crippen LogP contribution in [0.2, 0.25) is 5.02 Å². The van der Waals surface area contributed by atoms with E-state index in [9.17, 15) is 4.79 Å². The van der Waals surface area contributed by atoms with E-state index in [1.54, 1.807) is 29.5 Å². The second kappa shape index (κ2) is 5.34. The third kappa shape index (κ3) is 3.08. The van der Waals surface area contributed by atoms with Crippen LogP contribution in [0.5, 0.6) is 0 Å². The number of thiophene rings is 1. The lowest BCUT2D eigenvalue weighted by Gasteiger charge is -2.04. The van der Waals surface area contributed by atoms with Crippen LogP contribution in [0, 0.1) is 0 Å². The third-order valence-corrected chi connectivity index (χ3v) is 3.66. The lowest BCUT2D eigenvalue weighted by atomic mass is 10.0. The molecule has 2 rings (SSSR count). The van der Waals surface area contributed by atoms with Crippen LogP contribution in [0.1, 0.15) is 21.7 Å². The molecule has 0 aliphatic rings. The molecule has 0 saturated carbocycles. The van der Waals surface area contributed by atoms with Gasteiger partial charge in [-0.3, -0.25) is 4.79 Å². The zero-order chi connectivity index (χ0) is 12.3. The van der Waals surface area contributed by atoms with Gasteiger partial charge < -0.3 is 5.73 Å². The SMILES string of the molecule is Nc1cc(Cl)ccc1C(=O)CCc1cccs1. The van der Waals surface area contributed by atoms with Crippen molar-refractivity contribution >= 4 is 34.4 Å². The lowest BCUT2D eigenvalue weighted by molar-refractivity contribution is 0.0984. The first-order chi connectivity index (χ1) is 8.16. The van der Waals surface area contributed by atoms with Crippen LogP contribution in [-0.2, 0) is 6.42 Å². The summed E-state index contributed by atoms with van der Waals surface area (Å²) in [6.07, 6.45) is 1.24. The average Bonchev–Trinajstić information content (AvgIpc) is 2.78. The Morgan fingerprint density at radius 1 is 1.35 bits per heavy atom. The summed E-state index contributed by atoms with van der Waals surface area (Å²) in [5, 5.41) is 2.56. The standard InChI is InChI=1S/C13H12ClNOS/c14-9-3-5-11(12(15)8-9)13(16)6-4-10-2-1-7-17-10/h1-3,5,7-8H,4,6,15H2. The quantitative estimate of drug-likeness (QED) is 0.675. The number of rotatable bonds is 4. The molecule has 17 heavy (non-hydrogen) atoms. The maximum atomic E-state index is 12.0. The Labute approximate surface area is 109 Å². The summed E-state index contributed by atoms with van der Waals surface area (Å²) < 4.78 is 0. The van der Waals surface area contributed by atoms with E-state index in [2.05, 4.69) is 0 Å². The van der Waals surface area contributed by atoms with Gasteiger partial charge in [0.25, 0.3) is 0 Å². The summed E-state index contributed by atoms with van der Waals surface area (Å²) >= 11 is 7.45. The molecule has 1 aromatic carbocycles. The number of nitrogen functional groups attached to an aromatic ring is 1. The van der Waals surface area contributed by atoms with Crippen LogP contribution in [0.4, 0.5) is 5.69 Å². The Morgan fingerprint density at radius 3 is 2.82 bits per heavy atom. The molecule has 2 N–H and O–H groups in total. The van der Waals surface area contributed by atoms with Crippen molar-refractivity contribution in [3.8, 4) is 0 Å². The Kier molecular flexibility index (Phi) is 3.82. The number of hydrogen-bond acceptors (Lipinski definition) is 3. The fraction of sp³-hybridized carbons (Fsp3) is 0.154. The fourth-order valence-corrected chi connectivity index (χ4v) is 2.50. The van der Waals surface area contributed by atoms with Crippen LogP contribution in [0.25, 0.3) is 0 Å². The molecule has 0 unspecified atom stereocenters. The number of halogens is 1. The second-order valence-electron chi connectivity index (χ2n) is 3.73. The molecule has 0 spiro atoms. The van der Waals surface area contributed by atoms with Crippen molar-refractivity contribution in [2.45, 2.75) is 12.8 Å². The molecule has 0 fully saturated rings. The van der Waals surface area contributed by atoms with Gasteiger partial charge in [-0.25, -0.2) is 0 Å². The van der Waals surface area contributed by atoms with Crippen molar-refractivity contribution < 1.29 is 4.79 Å². The van der Waals surface area contributed by atoms with E-state index >= 15 is 0 Å². The molecule has 0 amide bonds. The molecule has 4 heteroatoms. The van der Waals surface area contributed by atoms with Crippen LogP contribution in [0.3, 0.4) is 0 Å². The van der Waals surface area contributed by atoms with E-state index in [1.165, 1.54) is 4.88 Å². The summed E-state index contributed by atoms with van der Waals surface area (Å²) in [5.74, 6) is 0.0626. The second-order valence-corrected chi connectivity index (χ2v) is 5.20. The molecule has 0 bridgehead atoms. The largest absolute Gasteiger partial charge is 0.398 e. The molecule has 0 saturated heterocycles. The topological polar surface area (TPSA) is 43.1 Å². The van der Waals surface area contributed by atoms with Crippen LogP contribution >= 0.6 is 22.9 Å². The monoisotopic (exact) mass is 265 g/mol. The Morgan fingerprint density at radius 2 is 2.18 bits per heavy atom. The molecule has 0 atom stereocenters. The molecule has 0 aliphatic carbocycles. The lowest BCUT2D eigenvalue weighted by Crippen LogP contribution is -2.04. The first kappa shape index (κ1) is 12.1. The minimum atomic E-state index is 0.0626. The van der Waals surface area contributed by atoms with Gasteiger partial charge in [-0.2, -0.15) is 0 Å². The maximum absolute atomic E-state index is 12.0. The highest BCUT2D eigenvalue weighted by Gasteiger charge is 2.10. The summed E-state index contributed by atoms with van der Waals surface area (Å²) in [5.41, 5.74) is 6.78. The van der Waals surface area contributed by atoms with E-state index in [0.717, 1.165) is 6.42 Å². The van der Waals surface area contributed by atoms with E-state index in [-0.39, 0.29) is 5.78 Å². The molecule has 2 nitrogen and oxygen atoms in total. The highest BCUT2D eigenvalue weighted by atomic mass is 35.5. The zero-order valence-corrected chi connectivity index (χ0v) is 10.7. The minimum absolute atomic E-state index is 0.0626. The number of aryl methyl sites for hydroxylation is 1. The molecule has 88 valence electrons. The molecule has 1 heterocycles. The smallest absolute Gasteiger partial charge is 0.165 e. The number of hydrogen-bond donors (Lipinski definition) is 1. The van der Waals surface area contributed by atoms with Crippen molar-refractivity contribution in [2.24, 2.45) is 0 Å². The first-order valence-corrected chi connectivity index (χ1v) is 6.53. The summed E-state index contributed by atoms with van der Waals surface area (Å²) in [4.78, 5) is 13.2. The van der Waals surface area contributed by atoms with Gasteiger partial charge in [0, 0.05) is 27.6 Å². The summed E-state index contributed by atoms with van der Waals surface area (Å²) in [7, 11) is 0. The Bertz CT molecular complexity index is 522. The Balaban J connectivity index is 2.04. The molecular weight excluding hydrogens is 254 g/mol. The van der Waals surface area contributed by atoms with E-state index in [0.29, 0.717) is 22.7 Å². The predicted molar refractivity (Wildman–Crippen MR) is 72.8 cm³/mol. The van der Waals surface area contributed by atoms with Gasteiger partial charge in [0.15, 0.2) is 5.78 Å². The van der Waals surface area contributed by atoms with Gasteiger partial charge in [-0.15, -0.1) is 11.3 Å². The van der Waals surface area contributed by atoms with Gasteiger partial charge >= 0.3 is 0 Å². The van der Waals surface area contributed by atoms with Gasteiger partial charge in [-0.05, 0) is 36.1 Å². The third-order valence-electron chi connectivity index (χ3n) is 2.49. The van der Waals surface area contributed by atoms with Crippen LogP contribution in [-0.4, -0.2) is 5.78 Å². The molecule has 2 aromatic rings. The van der Waals surface area contributed by atoms with Crippen LogP contribution < -0.4 is 5.73 Å². The normalized spacial score (nSPS) is 10.4. The summed E-state index contributed by atoms with van der Waals surface area (Å²) in [6.45, 7) is 0. The van der Waals surface area contributed by atoms with E-state index < -0.39 is 0 Å². The number of Topliss-reactive ketones (excluding diaryl/α,β-unsaturated/α-hetero) is 1. The number of benzene rings is 1. The van der Waals surface area contributed by atoms with E-state index in [4.69, 9.17) is 17.3 Å². The maximum Gasteiger partial charge on any atom is 0.165 e. The van der Waals surface area contributed by atoms with Crippen molar-refractivity contribution in [3.05, 3.63) is 51.2 Å².